The molecule has 20 heavy (non-hydrogen) atoms. The second-order valence-electron chi connectivity index (χ2n) is 5.30. The average Bonchev–Trinajstić information content (AvgIpc) is 2.78. The fourth-order valence-corrected chi connectivity index (χ4v) is 2.99. The minimum Gasteiger partial charge on any atom is -0.493 e. The molecule has 0 radical (unpaired) electrons. The van der Waals surface area contributed by atoms with Gasteiger partial charge in [-0.05, 0) is 38.8 Å². The van der Waals surface area contributed by atoms with E-state index in [2.05, 4.69) is 11.5 Å². The van der Waals surface area contributed by atoms with E-state index in [1.807, 2.05) is 31.2 Å². The van der Waals surface area contributed by atoms with Crippen LogP contribution in [-0.4, -0.2) is 16.2 Å². The van der Waals surface area contributed by atoms with Crippen LogP contribution in [-0.2, 0) is 6.42 Å². The normalized spacial score (nSPS) is 17.8. The van der Waals surface area contributed by atoms with Crippen molar-refractivity contribution >= 4 is 5.82 Å². The molecule has 2 heterocycles. The Hall–Kier alpha value is -1.97. The molecule has 1 aromatic heterocycles. The van der Waals surface area contributed by atoms with Gasteiger partial charge in [0.15, 0.2) is 0 Å². The van der Waals surface area contributed by atoms with E-state index in [0.29, 0.717) is 12.6 Å². The van der Waals surface area contributed by atoms with Crippen LogP contribution in [0.4, 0.5) is 5.82 Å². The molecule has 0 saturated heterocycles. The van der Waals surface area contributed by atoms with Gasteiger partial charge in [0.25, 0.3) is 0 Å². The van der Waals surface area contributed by atoms with Gasteiger partial charge in [0.05, 0.1) is 6.61 Å². The van der Waals surface area contributed by atoms with Crippen LogP contribution in [0.25, 0.3) is 11.3 Å². The largest absolute Gasteiger partial charge is 0.493 e. The number of imidazole rings is 1. The molecule has 106 valence electrons. The zero-order valence-corrected chi connectivity index (χ0v) is 12.1. The fraction of sp³-hybridized carbons (Fsp3) is 0.438. The molecule has 1 aromatic carbocycles. The number of rotatable bonds is 3. The lowest BCUT2D eigenvalue weighted by atomic mass is 10.1. The first-order valence-electron chi connectivity index (χ1n) is 7.31. The molecule has 0 aliphatic carbocycles. The van der Waals surface area contributed by atoms with Crippen molar-refractivity contribution in [2.24, 2.45) is 0 Å². The SMILES string of the molecule is CCOc1ccccc1-c1nc2n(c1N)C(C)CCC2. The van der Waals surface area contributed by atoms with Crippen molar-refractivity contribution in [2.75, 3.05) is 12.3 Å². The summed E-state index contributed by atoms with van der Waals surface area (Å²) < 4.78 is 7.88. The Labute approximate surface area is 119 Å². The number of nitrogens with zero attached hydrogens (tertiary/aromatic N) is 2. The van der Waals surface area contributed by atoms with E-state index in [0.717, 1.165) is 35.1 Å². The van der Waals surface area contributed by atoms with Crippen molar-refractivity contribution < 1.29 is 4.74 Å². The molecule has 0 bridgehead atoms. The van der Waals surface area contributed by atoms with Crippen LogP contribution >= 0.6 is 0 Å². The lowest BCUT2D eigenvalue weighted by Crippen LogP contribution is -2.16. The molecule has 1 aliphatic heterocycles. The third kappa shape index (κ3) is 2.05. The van der Waals surface area contributed by atoms with Gasteiger partial charge in [-0.3, -0.25) is 0 Å². The van der Waals surface area contributed by atoms with E-state index in [9.17, 15) is 0 Å². The van der Waals surface area contributed by atoms with Crippen LogP contribution in [0.5, 0.6) is 5.75 Å². The van der Waals surface area contributed by atoms with E-state index >= 15 is 0 Å². The maximum atomic E-state index is 6.36. The van der Waals surface area contributed by atoms with Gasteiger partial charge < -0.3 is 15.0 Å². The van der Waals surface area contributed by atoms with Gasteiger partial charge in [-0.2, -0.15) is 0 Å². The van der Waals surface area contributed by atoms with Crippen LogP contribution in [0, 0.1) is 0 Å². The first-order valence-corrected chi connectivity index (χ1v) is 7.31. The van der Waals surface area contributed by atoms with Gasteiger partial charge in [-0.1, -0.05) is 12.1 Å². The molecule has 4 nitrogen and oxygen atoms in total. The van der Waals surface area contributed by atoms with E-state index < -0.39 is 0 Å². The number of para-hydroxylation sites is 1. The lowest BCUT2D eigenvalue weighted by Gasteiger charge is -2.22. The van der Waals surface area contributed by atoms with E-state index in [1.165, 1.54) is 12.8 Å². The third-order valence-corrected chi connectivity index (χ3v) is 3.93. The molecule has 4 heteroatoms. The number of nitrogen functional groups attached to an aromatic ring is 1. The number of ether oxygens (including phenoxy) is 1. The number of fused-ring (bicyclic) bond motifs is 1. The first-order chi connectivity index (χ1) is 9.72. The van der Waals surface area contributed by atoms with Gasteiger partial charge in [-0.25, -0.2) is 4.98 Å². The number of anilines is 1. The van der Waals surface area contributed by atoms with Gasteiger partial charge in [0.1, 0.15) is 23.1 Å². The van der Waals surface area contributed by atoms with Gasteiger partial charge >= 0.3 is 0 Å². The molecule has 1 unspecified atom stereocenters. The highest BCUT2D eigenvalue weighted by Crippen LogP contribution is 2.37. The minimum atomic E-state index is 0.430. The summed E-state index contributed by atoms with van der Waals surface area (Å²) in [5.74, 6) is 2.71. The van der Waals surface area contributed by atoms with E-state index in [4.69, 9.17) is 15.5 Å². The van der Waals surface area contributed by atoms with Crippen LogP contribution < -0.4 is 10.5 Å². The van der Waals surface area contributed by atoms with Crippen LogP contribution in [0.15, 0.2) is 24.3 Å². The molecule has 3 rings (SSSR count). The van der Waals surface area contributed by atoms with E-state index in [-0.39, 0.29) is 0 Å². The molecule has 0 saturated carbocycles. The first kappa shape index (κ1) is 13.0. The number of hydrogen-bond acceptors (Lipinski definition) is 3. The molecular formula is C16H21N3O. The minimum absolute atomic E-state index is 0.430. The van der Waals surface area contributed by atoms with E-state index in [1.54, 1.807) is 0 Å². The fourth-order valence-electron chi connectivity index (χ4n) is 2.99. The average molecular weight is 271 g/mol. The molecule has 0 spiro atoms. The molecule has 2 aromatic rings. The summed E-state index contributed by atoms with van der Waals surface area (Å²) in [4.78, 5) is 4.77. The summed E-state index contributed by atoms with van der Waals surface area (Å²) in [5.41, 5.74) is 8.20. The summed E-state index contributed by atoms with van der Waals surface area (Å²) >= 11 is 0. The Balaban J connectivity index is 2.12. The highest BCUT2D eigenvalue weighted by Gasteiger charge is 2.24. The summed E-state index contributed by atoms with van der Waals surface area (Å²) in [5, 5.41) is 0. The Bertz CT molecular complexity index is 618. The zero-order chi connectivity index (χ0) is 14.1. The molecule has 0 amide bonds. The second-order valence-corrected chi connectivity index (χ2v) is 5.30. The number of aryl methyl sites for hydroxylation is 1. The second kappa shape index (κ2) is 5.19. The number of aromatic nitrogens is 2. The van der Waals surface area contributed by atoms with Crippen molar-refractivity contribution in [3.8, 4) is 17.0 Å². The van der Waals surface area contributed by atoms with Crippen molar-refractivity contribution in [1.29, 1.82) is 0 Å². The maximum absolute atomic E-state index is 6.36. The highest BCUT2D eigenvalue weighted by molar-refractivity contribution is 5.76. The predicted octanol–water partition coefficient (Wildman–Crippen LogP) is 3.43. The topological polar surface area (TPSA) is 53.1 Å². The molecule has 2 N–H and O–H groups in total. The number of nitrogens with two attached hydrogens (primary N) is 1. The van der Waals surface area contributed by atoms with Crippen molar-refractivity contribution in [3.63, 3.8) is 0 Å². The molecular weight excluding hydrogens is 250 g/mol. The smallest absolute Gasteiger partial charge is 0.132 e. The number of hydrogen-bond donors (Lipinski definition) is 1. The molecule has 1 atom stereocenters. The van der Waals surface area contributed by atoms with Crippen LogP contribution in [0.2, 0.25) is 0 Å². The lowest BCUT2D eigenvalue weighted by molar-refractivity contribution is 0.341. The summed E-state index contributed by atoms with van der Waals surface area (Å²) in [7, 11) is 0. The summed E-state index contributed by atoms with van der Waals surface area (Å²) in [6.45, 7) is 4.83. The van der Waals surface area contributed by atoms with Crippen LogP contribution in [0.1, 0.15) is 38.6 Å². The van der Waals surface area contributed by atoms with Crippen molar-refractivity contribution in [1.82, 2.24) is 9.55 Å². The summed E-state index contributed by atoms with van der Waals surface area (Å²) in [6.07, 6.45) is 3.36. The maximum Gasteiger partial charge on any atom is 0.132 e. The standard InChI is InChI=1S/C16H21N3O/c1-3-20-13-9-5-4-8-12(13)15-16(17)19-11(2)7-6-10-14(19)18-15/h4-5,8-9,11H,3,6-7,10,17H2,1-2H3. The highest BCUT2D eigenvalue weighted by atomic mass is 16.5. The molecule has 0 fully saturated rings. The summed E-state index contributed by atoms with van der Waals surface area (Å²) in [6, 6.07) is 8.40. The quantitative estimate of drug-likeness (QED) is 0.930. The zero-order valence-electron chi connectivity index (χ0n) is 12.1. The predicted molar refractivity (Wildman–Crippen MR) is 80.9 cm³/mol. The van der Waals surface area contributed by atoms with Gasteiger partial charge in [-0.15, -0.1) is 0 Å². The third-order valence-electron chi connectivity index (χ3n) is 3.93. The monoisotopic (exact) mass is 271 g/mol. The van der Waals surface area contributed by atoms with Crippen molar-refractivity contribution in [3.05, 3.63) is 30.1 Å². The van der Waals surface area contributed by atoms with Crippen LogP contribution in [0.3, 0.4) is 0 Å². The van der Waals surface area contributed by atoms with Gasteiger partial charge in [0, 0.05) is 18.0 Å². The van der Waals surface area contributed by atoms with Gasteiger partial charge in [0.2, 0.25) is 0 Å². The molecule has 1 aliphatic rings. The van der Waals surface area contributed by atoms with Crippen molar-refractivity contribution in [2.45, 2.75) is 39.2 Å². The number of benzene rings is 1. The Morgan fingerprint density at radius 1 is 1.40 bits per heavy atom. The Kier molecular flexibility index (Phi) is 3.38. The Morgan fingerprint density at radius 3 is 2.95 bits per heavy atom. The Morgan fingerprint density at radius 2 is 2.20 bits per heavy atom.